The van der Waals surface area contributed by atoms with Crippen LogP contribution in [0.3, 0.4) is 0 Å². The van der Waals surface area contributed by atoms with Gasteiger partial charge in [-0.2, -0.15) is 0 Å². The number of hydrogen-bond donors (Lipinski definition) is 3. The fraction of sp³-hybridized carbons (Fsp3) is 0.951. The first kappa shape index (κ1) is 99.1. The van der Waals surface area contributed by atoms with Crippen molar-refractivity contribution in [1.29, 1.82) is 0 Å². The second-order valence-electron chi connectivity index (χ2n) is 31.2. The number of hydrogen-bond acceptors (Lipinski definition) is 15. The molecule has 0 saturated carbocycles. The van der Waals surface area contributed by atoms with E-state index in [2.05, 4.69) is 55.4 Å². The molecule has 0 bridgehead atoms. The van der Waals surface area contributed by atoms with Gasteiger partial charge in [0.25, 0.3) is 0 Å². The van der Waals surface area contributed by atoms with E-state index in [1.54, 1.807) is 0 Å². The molecule has 0 aromatic heterocycles. The van der Waals surface area contributed by atoms with Crippen LogP contribution in [0.2, 0.25) is 0 Å². The molecule has 0 spiro atoms. The van der Waals surface area contributed by atoms with Crippen molar-refractivity contribution in [2.24, 2.45) is 23.7 Å². The molecule has 0 fully saturated rings. The van der Waals surface area contributed by atoms with Crippen LogP contribution in [0.5, 0.6) is 0 Å². The van der Waals surface area contributed by atoms with Crippen LogP contribution < -0.4 is 0 Å². The predicted octanol–water partition coefficient (Wildman–Crippen LogP) is 24.4. The van der Waals surface area contributed by atoms with Gasteiger partial charge in [-0.05, 0) is 49.4 Å². The first-order valence-corrected chi connectivity index (χ1v) is 45.2. The number of carbonyl (C=O) groups is 4. The van der Waals surface area contributed by atoms with Crippen LogP contribution in [0.25, 0.3) is 0 Å². The summed E-state index contributed by atoms with van der Waals surface area (Å²) in [5.74, 6) is 1.00. The van der Waals surface area contributed by atoms with Gasteiger partial charge in [-0.25, -0.2) is 9.13 Å². The Bertz CT molecular complexity index is 1970. The molecule has 0 aromatic rings. The molecular weight excluding hydrogens is 1320 g/mol. The normalized spacial score (nSPS) is 14.3. The van der Waals surface area contributed by atoms with Crippen molar-refractivity contribution < 1.29 is 80.2 Å². The summed E-state index contributed by atoms with van der Waals surface area (Å²) in [6.07, 6.45) is 58.4. The number of rotatable bonds is 79. The molecule has 0 radical (unpaired) electrons. The monoisotopic (exact) mass is 1480 g/mol. The molecular formula is C82H160O17P2. The van der Waals surface area contributed by atoms with E-state index in [0.29, 0.717) is 31.6 Å². The van der Waals surface area contributed by atoms with Gasteiger partial charge in [-0.1, -0.05) is 370 Å². The molecule has 101 heavy (non-hydrogen) atoms. The number of unbranched alkanes of at least 4 members (excludes halogenated alkanes) is 44. The average molecular weight is 1480 g/mol. The van der Waals surface area contributed by atoms with Crippen LogP contribution in [-0.2, 0) is 65.4 Å². The van der Waals surface area contributed by atoms with Crippen LogP contribution in [0.1, 0.15) is 421 Å². The first-order chi connectivity index (χ1) is 48.6. The molecule has 0 rings (SSSR count). The van der Waals surface area contributed by atoms with E-state index >= 15 is 0 Å². The van der Waals surface area contributed by atoms with Crippen LogP contribution in [0.15, 0.2) is 0 Å². The number of carbonyl (C=O) groups excluding carboxylic acids is 4. The van der Waals surface area contributed by atoms with Crippen molar-refractivity contribution >= 4 is 39.5 Å². The van der Waals surface area contributed by atoms with Gasteiger partial charge < -0.3 is 33.8 Å². The Balaban J connectivity index is 5.23. The highest BCUT2D eigenvalue weighted by atomic mass is 31.2. The highest BCUT2D eigenvalue weighted by molar-refractivity contribution is 7.47. The number of phosphoric acid groups is 2. The minimum absolute atomic E-state index is 0.106. The van der Waals surface area contributed by atoms with Gasteiger partial charge in [0, 0.05) is 25.7 Å². The summed E-state index contributed by atoms with van der Waals surface area (Å²) in [7, 11) is -9.92. The first-order valence-electron chi connectivity index (χ1n) is 42.2. The van der Waals surface area contributed by atoms with E-state index in [1.807, 2.05) is 0 Å². The van der Waals surface area contributed by atoms with Gasteiger partial charge in [0.1, 0.15) is 19.3 Å². The van der Waals surface area contributed by atoms with Gasteiger partial charge in [0.05, 0.1) is 26.4 Å². The number of ether oxygens (including phenoxy) is 4. The lowest BCUT2D eigenvalue weighted by Gasteiger charge is -2.21. The highest BCUT2D eigenvalue weighted by Crippen LogP contribution is 2.45. The third-order valence-corrected chi connectivity index (χ3v) is 21.3. The van der Waals surface area contributed by atoms with E-state index in [4.69, 9.17) is 37.0 Å². The second-order valence-corrected chi connectivity index (χ2v) is 34.1. The summed E-state index contributed by atoms with van der Waals surface area (Å²) in [6, 6.07) is 0. The smallest absolute Gasteiger partial charge is 0.462 e. The fourth-order valence-electron chi connectivity index (χ4n) is 12.6. The topological polar surface area (TPSA) is 237 Å². The molecule has 600 valence electrons. The number of phosphoric ester groups is 2. The fourth-order valence-corrected chi connectivity index (χ4v) is 14.2. The molecule has 3 N–H and O–H groups in total. The maximum absolute atomic E-state index is 13.1. The van der Waals surface area contributed by atoms with Gasteiger partial charge in [0.2, 0.25) is 0 Å². The number of aliphatic hydroxyl groups excluding tert-OH is 1. The van der Waals surface area contributed by atoms with Gasteiger partial charge in [-0.15, -0.1) is 0 Å². The van der Waals surface area contributed by atoms with Gasteiger partial charge >= 0.3 is 39.5 Å². The zero-order chi connectivity index (χ0) is 74.6. The van der Waals surface area contributed by atoms with E-state index in [-0.39, 0.29) is 25.7 Å². The molecule has 0 aliphatic rings. The van der Waals surface area contributed by atoms with Gasteiger partial charge in [-0.3, -0.25) is 37.3 Å². The number of esters is 4. The Hall–Kier alpha value is -1.94. The Morgan fingerprint density at radius 3 is 0.703 bits per heavy atom. The van der Waals surface area contributed by atoms with Crippen molar-refractivity contribution in [1.82, 2.24) is 0 Å². The van der Waals surface area contributed by atoms with Crippen LogP contribution in [0.4, 0.5) is 0 Å². The molecule has 0 aliphatic heterocycles. The molecule has 0 saturated heterocycles. The van der Waals surface area contributed by atoms with Crippen molar-refractivity contribution in [3.05, 3.63) is 0 Å². The molecule has 19 heteroatoms. The van der Waals surface area contributed by atoms with Crippen molar-refractivity contribution in [3.63, 3.8) is 0 Å². The van der Waals surface area contributed by atoms with E-state index in [0.717, 1.165) is 114 Å². The molecule has 0 amide bonds. The summed E-state index contributed by atoms with van der Waals surface area (Å²) in [6.45, 7) is 14.3. The quantitative estimate of drug-likeness (QED) is 0.0222. The molecule has 6 atom stereocenters. The predicted molar refractivity (Wildman–Crippen MR) is 414 cm³/mol. The zero-order valence-corrected chi connectivity index (χ0v) is 68.3. The summed E-state index contributed by atoms with van der Waals surface area (Å²) >= 11 is 0. The Labute approximate surface area is 619 Å². The zero-order valence-electron chi connectivity index (χ0n) is 66.5. The SMILES string of the molecule is CCC(C)CCCCCCCCCCCCCCCCC(=O)OC[C@H](COP(=O)(O)OC[C@@H](O)COP(=O)(O)OC[C@@H](COC(=O)CCCCCCCCC(C)C)OC(=O)CCCCCCCCCCCCCCCC(C)C)OC(=O)CCCCCCCCCCCCCCCCCC(C)C. The lowest BCUT2D eigenvalue weighted by atomic mass is 9.99. The maximum Gasteiger partial charge on any atom is 0.472 e. The third kappa shape index (κ3) is 74.7. The third-order valence-electron chi connectivity index (χ3n) is 19.4. The lowest BCUT2D eigenvalue weighted by molar-refractivity contribution is -0.161. The van der Waals surface area contributed by atoms with Crippen molar-refractivity contribution in [2.75, 3.05) is 39.6 Å². The molecule has 0 aliphatic carbocycles. The maximum atomic E-state index is 13.1. The van der Waals surface area contributed by atoms with E-state index < -0.39 is 97.5 Å². The number of aliphatic hydroxyl groups is 1. The average Bonchev–Trinajstić information content (AvgIpc) is 0.921. The van der Waals surface area contributed by atoms with Crippen LogP contribution in [0, 0.1) is 23.7 Å². The van der Waals surface area contributed by atoms with E-state index in [9.17, 15) is 43.2 Å². The summed E-state index contributed by atoms with van der Waals surface area (Å²) in [5, 5.41) is 10.6. The summed E-state index contributed by atoms with van der Waals surface area (Å²) in [4.78, 5) is 73.0. The Kier molecular flexibility index (Phi) is 69.6. The summed E-state index contributed by atoms with van der Waals surface area (Å²) in [5.41, 5.74) is 0. The van der Waals surface area contributed by atoms with Crippen molar-refractivity contribution in [2.45, 2.75) is 440 Å². The van der Waals surface area contributed by atoms with Crippen LogP contribution in [-0.4, -0.2) is 96.7 Å². The summed E-state index contributed by atoms with van der Waals surface area (Å²) < 4.78 is 68.7. The standard InChI is InChI=1S/C82H160O17P2/c1-9-75(8)61-53-45-36-30-24-18-13-14-19-25-31-37-46-54-62-79(84)92-68-77(98-81(86)64-56-48-38-32-26-20-12-10-11-16-22-28-34-42-50-58-72(2)3)70-96-100(88,89)94-66-76(83)67-95-101(90,91)97-71-78(69-93-80(85)63-55-47-41-40-44-52-60-74(6)7)99-82(87)65-57-49-39-33-27-21-15-17-23-29-35-43-51-59-73(4)5/h72-78,83H,9-71H2,1-8H3,(H,88,89)(H,90,91)/t75?,76-,77-,78-/m1/s1. The van der Waals surface area contributed by atoms with E-state index in [1.165, 1.54) is 218 Å². The molecule has 17 nitrogen and oxygen atoms in total. The molecule has 3 unspecified atom stereocenters. The second kappa shape index (κ2) is 71.0. The molecule has 0 heterocycles. The minimum Gasteiger partial charge on any atom is -0.462 e. The Morgan fingerprint density at radius 2 is 0.475 bits per heavy atom. The molecule has 0 aromatic carbocycles. The van der Waals surface area contributed by atoms with Crippen molar-refractivity contribution in [3.8, 4) is 0 Å². The highest BCUT2D eigenvalue weighted by Gasteiger charge is 2.30. The lowest BCUT2D eigenvalue weighted by Crippen LogP contribution is -2.30. The largest absolute Gasteiger partial charge is 0.472 e. The Morgan fingerprint density at radius 1 is 0.277 bits per heavy atom. The van der Waals surface area contributed by atoms with Crippen LogP contribution >= 0.6 is 15.6 Å². The minimum atomic E-state index is -4.96. The van der Waals surface area contributed by atoms with Gasteiger partial charge in [0.15, 0.2) is 12.2 Å².